The molecule has 29 heavy (non-hydrogen) atoms. The Bertz CT molecular complexity index is 994. The molecule has 0 saturated carbocycles. The molecule has 158 valence electrons. The summed E-state index contributed by atoms with van der Waals surface area (Å²) in [5.41, 5.74) is 0.252. The van der Waals surface area contributed by atoms with Crippen LogP contribution in [0.3, 0.4) is 0 Å². The van der Waals surface area contributed by atoms with Gasteiger partial charge < -0.3 is 25.2 Å². The molecule has 1 aliphatic carbocycles. The molecule has 3 rings (SSSR count). The van der Waals surface area contributed by atoms with Crippen LogP contribution in [0, 0.1) is 0 Å². The zero-order valence-corrected chi connectivity index (χ0v) is 15.8. The number of carbonyl (C=O) groups excluding carboxylic acids is 3. The Morgan fingerprint density at radius 3 is 2.17 bits per heavy atom. The van der Waals surface area contributed by atoms with Crippen LogP contribution in [-0.2, 0) is 19.6 Å². The number of esters is 1. The minimum absolute atomic E-state index is 0.0453. The van der Waals surface area contributed by atoms with Crippen molar-refractivity contribution < 1.29 is 52.5 Å². The van der Waals surface area contributed by atoms with Gasteiger partial charge in [-0.2, -0.15) is 8.42 Å². The van der Waals surface area contributed by atoms with Crippen LogP contribution in [0.2, 0.25) is 0 Å². The quantitative estimate of drug-likeness (QED) is 0.312. The first kappa shape index (κ1) is 22.5. The molecule has 0 saturated heterocycles. The molecular formula is C17H18O11S. The van der Waals surface area contributed by atoms with E-state index in [9.17, 15) is 22.8 Å². The third kappa shape index (κ3) is 4.00. The fourth-order valence-corrected chi connectivity index (χ4v) is 3.38. The van der Waals surface area contributed by atoms with Gasteiger partial charge in [-0.1, -0.05) is 24.3 Å². The Morgan fingerprint density at radius 1 is 1.17 bits per heavy atom. The van der Waals surface area contributed by atoms with Gasteiger partial charge in [0.15, 0.2) is 28.2 Å². The Balaban J connectivity index is 0.000000221. The van der Waals surface area contributed by atoms with E-state index in [1.54, 1.807) is 12.1 Å². The maximum Gasteiger partial charge on any atom is 0.377 e. The molecule has 0 amide bonds. The van der Waals surface area contributed by atoms with Crippen molar-refractivity contribution in [3.8, 4) is 0 Å². The highest BCUT2D eigenvalue weighted by Gasteiger charge is 2.51. The van der Waals surface area contributed by atoms with Crippen LogP contribution in [0.4, 0.5) is 0 Å². The number of benzene rings is 1. The Kier molecular flexibility index (Phi) is 6.13. The number of ketones is 2. The minimum atomic E-state index is -4.62. The van der Waals surface area contributed by atoms with Gasteiger partial charge in [0, 0.05) is 17.5 Å². The maximum absolute atomic E-state index is 12.0. The van der Waals surface area contributed by atoms with E-state index in [2.05, 4.69) is 4.74 Å². The molecule has 1 heterocycles. The average Bonchev–Trinajstić information content (AvgIpc) is 2.92. The predicted molar refractivity (Wildman–Crippen MR) is 94.9 cm³/mol. The van der Waals surface area contributed by atoms with Crippen molar-refractivity contribution >= 4 is 27.7 Å². The van der Waals surface area contributed by atoms with Gasteiger partial charge in [0.05, 0.1) is 6.61 Å². The van der Waals surface area contributed by atoms with E-state index >= 15 is 0 Å². The molecule has 12 heteroatoms. The summed E-state index contributed by atoms with van der Waals surface area (Å²) in [5, 5.41) is 35.0. The molecule has 3 atom stereocenters. The lowest BCUT2D eigenvalue weighted by atomic mass is 9.82. The Labute approximate surface area is 164 Å². The zero-order valence-electron chi connectivity index (χ0n) is 15.0. The highest BCUT2D eigenvalue weighted by atomic mass is 32.2. The van der Waals surface area contributed by atoms with E-state index in [1.807, 2.05) is 0 Å². The summed E-state index contributed by atoms with van der Waals surface area (Å²) in [7, 11) is -4.62. The van der Waals surface area contributed by atoms with Crippen LogP contribution in [-0.4, -0.2) is 74.5 Å². The molecule has 11 nitrogen and oxygen atoms in total. The number of aliphatic hydroxyl groups excluding tert-OH is 4. The Hall–Kier alpha value is -2.80. The van der Waals surface area contributed by atoms with Crippen molar-refractivity contribution in [1.82, 2.24) is 0 Å². The number of carbonyl (C=O) groups is 3. The van der Waals surface area contributed by atoms with Crippen LogP contribution in [0.15, 0.2) is 35.8 Å². The molecule has 1 unspecified atom stereocenters. The minimum Gasteiger partial charge on any atom is -0.505 e. The first-order chi connectivity index (χ1) is 13.3. The first-order valence-electron chi connectivity index (χ1n) is 8.11. The molecule has 1 aromatic carbocycles. The summed E-state index contributed by atoms with van der Waals surface area (Å²) in [6.45, 7) is 0.397. The van der Waals surface area contributed by atoms with Gasteiger partial charge in [-0.05, 0) is 6.92 Å². The zero-order chi connectivity index (χ0) is 22.1. The number of fused-ring (bicyclic) bond motifs is 1. The SMILES string of the molecule is CC1(S(=O)(=O)O)CC(=O)c2ccccc2C1=O.O=C1O[C@H]([C@@H](O)CO)C(O)=C1O. The fourth-order valence-electron chi connectivity index (χ4n) is 2.72. The van der Waals surface area contributed by atoms with Crippen molar-refractivity contribution in [2.24, 2.45) is 0 Å². The van der Waals surface area contributed by atoms with Gasteiger partial charge >= 0.3 is 5.97 Å². The summed E-state index contributed by atoms with van der Waals surface area (Å²) in [6, 6.07) is 6.00. The van der Waals surface area contributed by atoms with Crippen LogP contribution >= 0.6 is 0 Å². The highest BCUT2D eigenvalue weighted by molar-refractivity contribution is 7.88. The lowest BCUT2D eigenvalue weighted by Crippen LogP contribution is -2.48. The van der Waals surface area contributed by atoms with Crippen LogP contribution in [0.5, 0.6) is 0 Å². The van der Waals surface area contributed by atoms with E-state index in [1.165, 1.54) is 12.1 Å². The standard InChI is InChI=1S/C11H10O5S.C6H8O6/c1-11(17(14,15)16)6-9(12)7-4-2-3-5-8(7)10(11)13;7-1-2(8)5-3(9)4(10)6(11)12-5/h2-5H,6H2,1H3,(H,14,15,16);2,5,7-10H,1H2/t;2-,5+/m.0/s1. The van der Waals surface area contributed by atoms with Gasteiger partial charge in [0.2, 0.25) is 5.76 Å². The molecule has 0 radical (unpaired) electrons. The molecule has 0 bridgehead atoms. The number of hydrogen-bond acceptors (Lipinski definition) is 10. The lowest BCUT2D eigenvalue weighted by molar-refractivity contribution is -0.147. The number of rotatable bonds is 3. The molecule has 1 aromatic rings. The third-order valence-electron chi connectivity index (χ3n) is 4.50. The second-order valence-electron chi connectivity index (χ2n) is 6.49. The largest absolute Gasteiger partial charge is 0.505 e. The van der Waals surface area contributed by atoms with Crippen LogP contribution in [0.25, 0.3) is 0 Å². The summed E-state index contributed by atoms with van der Waals surface area (Å²) >= 11 is 0. The number of cyclic esters (lactones) is 1. The van der Waals surface area contributed by atoms with Crippen molar-refractivity contribution in [3.63, 3.8) is 0 Å². The predicted octanol–water partition coefficient (Wildman–Crippen LogP) is -0.305. The van der Waals surface area contributed by atoms with E-state index in [0.29, 0.717) is 0 Å². The third-order valence-corrected chi connectivity index (χ3v) is 5.96. The maximum atomic E-state index is 12.0. The fraction of sp³-hybridized carbons (Fsp3) is 0.353. The second-order valence-corrected chi connectivity index (χ2v) is 8.34. The summed E-state index contributed by atoms with van der Waals surface area (Å²) in [4.78, 5) is 34.3. The molecule has 0 aromatic heterocycles. The molecule has 1 aliphatic heterocycles. The topological polar surface area (TPSA) is 196 Å². The summed E-state index contributed by atoms with van der Waals surface area (Å²) in [6.07, 6.45) is -3.30. The van der Waals surface area contributed by atoms with Crippen molar-refractivity contribution in [2.45, 2.75) is 30.3 Å². The van der Waals surface area contributed by atoms with Crippen LogP contribution in [0.1, 0.15) is 34.1 Å². The number of hydrogen-bond donors (Lipinski definition) is 5. The second kappa shape index (κ2) is 7.91. The monoisotopic (exact) mass is 430 g/mol. The molecule has 2 aliphatic rings. The smallest absolute Gasteiger partial charge is 0.377 e. The molecule has 0 fully saturated rings. The Morgan fingerprint density at radius 2 is 1.72 bits per heavy atom. The molecule has 0 spiro atoms. The van der Waals surface area contributed by atoms with E-state index in [0.717, 1.165) is 6.92 Å². The van der Waals surface area contributed by atoms with Gasteiger partial charge in [-0.3, -0.25) is 14.1 Å². The number of aliphatic hydroxyl groups is 4. The number of ether oxygens (including phenoxy) is 1. The van der Waals surface area contributed by atoms with Gasteiger partial charge in [0.25, 0.3) is 10.1 Å². The van der Waals surface area contributed by atoms with E-state index in [-0.39, 0.29) is 11.1 Å². The highest BCUT2D eigenvalue weighted by Crippen LogP contribution is 2.33. The van der Waals surface area contributed by atoms with Crippen molar-refractivity contribution in [3.05, 3.63) is 46.9 Å². The molecule has 5 N–H and O–H groups in total. The van der Waals surface area contributed by atoms with Crippen molar-refractivity contribution in [1.29, 1.82) is 0 Å². The van der Waals surface area contributed by atoms with Gasteiger partial charge in [-0.15, -0.1) is 0 Å². The summed E-state index contributed by atoms with van der Waals surface area (Å²) < 4.78 is 33.9. The normalized spacial score (nSPS) is 25.1. The van der Waals surface area contributed by atoms with Gasteiger partial charge in [-0.25, -0.2) is 4.79 Å². The number of Topliss-reactive ketones (excluding diaryl/α,β-unsaturated/α-hetero) is 2. The van der Waals surface area contributed by atoms with E-state index in [4.69, 9.17) is 25.0 Å². The molecular weight excluding hydrogens is 412 g/mol. The van der Waals surface area contributed by atoms with Crippen molar-refractivity contribution in [2.75, 3.05) is 6.61 Å². The average molecular weight is 430 g/mol. The lowest BCUT2D eigenvalue weighted by Gasteiger charge is -2.29. The van der Waals surface area contributed by atoms with Crippen LogP contribution < -0.4 is 0 Å². The first-order valence-corrected chi connectivity index (χ1v) is 9.55. The van der Waals surface area contributed by atoms with E-state index < -0.39 is 69.2 Å². The summed E-state index contributed by atoms with van der Waals surface area (Å²) in [5.74, 6) is -3.98. The van der Waals surface area contributed by atoms with Gasteiger partial charge in [0.1, 0.15) is 6.10 Å².